The number of thiazole rings is 1. The molecule has 0 spiro atoms. The molecule has 1 fully saturated rings. The van der Waals surface area contributed by atoms with Crippen molar-refractivity contribution in [1.29, 1.82) is 0 Å². The summed E-state index contributed by atoms with van der Waals surface area (Å²) in [7, 11) is -3.63. The maximum Gasteiger partial charge on any atom is 0.252 e. The Balaban J connectivity index is 1.48. The van der Waals surface area contributed by atoms with Crippen molar-refractivity contribution < 1.29 is 13.2 Å². The molecule has 0 aliphatic carbocycles. The molecule has 1 aromatic carbocycles. The minimum atomic E-state index is -3.63. The summed E-state index contributed by atoms with van der Waals surface area (Å²) < 4.78 is 28.7. The lowest BCUT2D eigenvalue weighted by Crippen LogP contribution is -2.43. The number of hydrogen-bond acceptors (Lipinski definition) is 6. The Bertz CT molecular complexity index is 1140. The third kappa shape index (κ3) is 3.95. The highest BCUT2D eigenvalue weighted by Gasteiger charge is 2.34. The number of anilines is 1. The van der Waals surface area contributed by atoms with Gasteiger partial charge < -0.3 is 5.32 Å². The molecule has 148 valence electrons. The van der Waals surface area contributed by atoms with E-state index >= 15 is 0 Å². The molecule has 1 atom stereocenters. The largest absolute Gasteiger partial charge is 0.302 e. The third-order valence-electron chi connectivity index (χ3n) is 4.67. The molecular weight excluding hydrogens is 438 g/mol. The van der Waals surface area contributed by atoms with Crippen LogP contribution in [0.2, 0.25) is 4.34 Å². The van der Waals surface area contributed by atoms with Crippen molar-refractivity contribution in [2.75, 3.05) is 18.4 Å². The first kappa shape index (κ1) is 19.8. The van der Waals surface area contributed by atoms with Gasteiger partial charge in [0.15, 0.2) is 5.13 Å². The van der Waals surface area contributed by atoms with Crippen LogP contribution in [0.3, 0.4) is 0 Å². The molecule has 28 heavy (non-hydrogen) atoms. The van der Waals surface area contributed by atoms with Crippen LogP contribution in [0.15, 0.2) is 34.5 Å². The summed E-state index contributed by atoms with van der Waals surface area (Å²) >= 11 is 8.34. The number of carbonyl (C=O) groups excluding carboxylic acids is 1. The van der Waals surface area contributed by atoms with Gasteiger partial charge in [0.2, 0.25) is 5.91 Å². The van der Waals surface area contributed by atoms with Gasteiger partial charge in [0.25, 0.3) is 10.0 Å². The van der Waals surface area contributed by atoms with Crippen molar-refractivity contribution in [3.63, 3.8) is 0 Å². The third-order valence-corrected chi connectivity index (χ3v) is 9.17. The van der Waals surface area contributed by atoms with Crippen LogP contribution in [-0.2, 0) is 14.8 Å². The number of aromatic nitrogens is 1. The zero-order valence-electron chi connectivity index (χ0n) is 15.0. The number of nitrogens with one attached hydrogen (secondary N) is 1. The van der Waals surface area contributed by atoms with E-state index in [0.29, 0.717) is 28.9 Å². The van der Waals surface area contributed by atoms with E-state index in [0.717, 1.165) is 27.1 Å². The average Bonchev–Trinajstić information content (AvgIpc) is 3.27. The molecule has 0 radical (unpaired) electrons. The summed E-state index contributed by atoms with van der Waals surface area (Å²) in [4.78, 5) is 17.2. The fourth-order valence-corrected chi connectivity index (χ4v) is 7.36. The van der Waals surface area contributed by atoms with Crippen LogP contribution in [-0.4, -0.2) is 36.7 Å². The minimum absolute atomic E-state index is 0.160. The SMILES string of the molecule is Cc1ccc2nc(NC(=O)C3CCCN(S(=O)(=O)c4ccc(Cl)s4)C3)sc2c1. The van der Waals surface area contributed by atoms with Gasteiger partial charge in [-0.15, -0.1) is 11.3 Å². The van der Waals surface area contributed by atoms with Crippen LogP contribution in [0.4, 0.5) is 5.13 Å². The maximum absolute atomic E-state index is 12.8. The fourth-order valence-electron chi connectivity index (χ4n) is 3.23. The van der Waals surface area contributed by atoms with Gasteiger partial charge in [-0.3, -0.25) is 4.79 Å². The number of halogens is 1. The Morgan fingerprint density at radius 3 is 2.86 bits per heavy atom. The summed E-state index contributed by atoms with van der Waals surface area (Å²) in [6, 6.07) is 9.02. The highest BCUT2D eigenvalue weighted by Crippen LogP contribution is 2.32. The van der Waals surface area contributed by atoms with Crippen molar-refractivity contribution in [2.24, 2.45) is 5.92 Å². The second kappa shape index (κ2) is 7.72. The van der Waals surface area contributed by atoms with Gasteiger partial charge in [-0.1, -0.05) is 29.0 Å². The number of rotatable bonds is 4. The Hall–Kier alpha value is -1.52. The molecule has 3 heterocycles. The molecule has 6 nitrogen and oxygen atoms in total. The van der Waals surface area contributed by atoms with Crippen LogP contribution < -0.4 is 5.32 Å². The van der Waals surface area contributed by atoms with E-state index in [2.05, 4.69) is 10.3 Å². The van der Waals surface area contributed by atoms with Gasteiger partial charge in [0.1, 0.15) is 4.21 Å². The Morgan fingerprint density at radius 2 is 2.11 bits per heavy atom. The smallest absolute Gasteiger partial charge is 0.252 e. The van der Waals surface area contributed by atoms with Gasteiger partial charge in [0, 0.05) is 13.1 Å². The normalized spacial score (nSPS) is 18.4. The van der Waals surface area contributed by atoms with Gasteiger partial charge in [0.05, 0.1) is 20.5 Å². The van der Waals surface area contributed by atoms with E-state index in [1.807, 2.05) is 25.1 Å². The standard InChI is InChI=1S/C18H18ClN3O3S3/c1-11-4-5-13-14(9-11)26-18(20-13)21-17(23)12-3-2-8-22(10-12)28(24,25)16-7-6-15(19)27-16/h4-7,9,12H,2-3,8,10H2,1H3,(H,20,21,23). The number of carbonyl (C=O) groups is 1. The molecule has 1 aliphatic heterocycles. The lowest BCUT2D eigenvalue weighted by Gasteiger charge is -2.30. The first-order valence-corrected chi connectivity index (χ1v) is 12.2. The molecule has 4 rings (SSSR count). The van der Waals surface area contributed by atoms with Crippen LogP contribution >= 0.6 is 34.3 Å². The molecule has 0 bridgehead atoms. The number of sulfonamides is 1. The Labute approximate surface area is 176 Å². The monoisotopic (exact) mass is 455 g/mol. The molecule has 2 aromatic heterocycles. The predicted molar refractivity (Wildman–Crippen MR) is 114 cm³/mol. The quantitative estimate of drug-likeness (QED) is 0.633. The van der Waals surface area contributed by atoms with E-state index < -0.39 is 15.9 Å². The Kier molecular flexibility index (Phi) is 5.45. The molecule has 1 aliphatic rings. The molecule has 3 aromatic rings. The summed E-state index contributed by atoms with van der Waals surface area (Å²) in [6.45, 7) is 2.57. The Morgan fingerprint density at radius 1 is 1.29 bits per heavy atom. The minimum Gasteiger partial charge on any atom is -0.302 e. The van der Waals surface area contributed by atoms with Crippen molar-refractivity contribution in [2.45, 2.75) is 24.0 Å². The highest BCUT2D eigenvalue weighted by atomic mass is 35.5. The van der Waals surface area contributed by atoms with Crippen LogP contribution in [0, 0.1) is 12.8 Å². The molecular formula is C18H18ClN3O3S3. The summed E-state index contributed by atoms with van der Waals surface area (Å²) in [5, 5.41) is 3.40. The zero-order chi connectivity index (χ0) is 19.9. The van der Waals surface area contributed by atoms with E-state index in [4.69, 9.17) is 11.6 Å². The van der Waals surface area contributed by atoms with Crippen LogP contribution in [0.5, 0.6) is 0 Å². The maximum atomic E-state index is 12.8. The predicted octanol–water partition coefficient (Wildman–Crippen LogP) is 4.36. The van der Waals surface area contributed by atoms with Crippen molar-refractivity contribution in [3.8, 4) is 0 Å². The molecule has 1 amide bonds. The molecule has 1 N–H and O–H groups in total. The number of piperidine rings is 1. The number of hydrogen-bond donors (Lipinski definition) is 1. The molecule has 1 unspecified atom stereocenters. The zero-order valence-corrected chi connectivity index (χ0v) is 18.2. The topological polar surface area (TPSA) is 79.4 Å². The molecule has 1 saturated heterocycles. The second-order valence-electron chi connectivity index (χ2n) is 6.74. The first-order valence-electron chi connectivity index (χ1n) is 8.76. The highest BCUT2D eigenvalue weighted by molar-refractivity contribution is 7.91. The van der Waals surface area contributed by atoms with Gasteiger partial charge in [-0.25, -0.2) is 13.4 Å². The number of aryl methyl sites for hydroxylation is 1. The lowest BCUT2D eigenvalue weighted by molar-refractivity contribution is -0.120. The van der Waals surface area contributed by atoms with E-state index in [-0.39, 0.29) is 16.7 Å². The van der Waals surface area contributed by atoms with Crippen molar-refractivity contribution in [1.82, 2.24) is 9.29 Å². The molecule has 10 heteroatoms. The van der Waals surface area contributed by atoms with E-state index in [9.17, 15) is 13.2 Å². The number of fused-ring (bicyclic) bond motifs is 1. The van der Waals surface area contributed by atoms with E-state index in [1.165, 1.54) is 21.7 Å². The lowest BCUT2D eigenvalue weighted by atomic mass is 9.99. The van der Waals surface area contributed by atoms with E-state index in [1.54, 1.807) is 6.07 Å². The average molecular weight is 456 g/mol. The molecule has 0 saturated carbocycles. The van der Waals surface area contributed by atoms with Crippen LogP contribution in [0.1, 0.15) is 18.4 Å². The first-order chi connectivity index (χ1) is 13.3. The van der Waals surface area contributed by atoms with Crippen molar-refractivity contribution >= 4 is 65.6 Å². The summed E-state index contributed by atoms with van der Waals surface area (Å²) in [5.41, 5.74) is 1.98. The van der Waals surface area contributed by atoms with Crippen molar-refractivity contribution in [3.05, 3.63) is 40.2 Å². The summed E-state index contributed by atoms with van der Waals surface area (Å²) in [5.74, 6) is -0.604. The summed E-state index contributed by atoms with van der Waals surface area (Å²) in [6.07, 6.45) is 1.28. The fraction of sp³-hybridized carbons (Fsp3) is 0.333. The number of benzene rings is 1. The van der Waals surface area contributed by atoms with Gasteiger partial charge in [-0.05, 0) is 49.6 Å². The van der Waals surface area contributed by atoms with Gasteiger partial charge >= 0.3 is 0 Å². The number of thiophene rings is 1. The van der Waals surface area contributed by atoms with Gasteiger partial charge in [-0.2, -0.15) is 4.31 Å². The number of nitrogens with zero attached hydrogens (tertiary/aromatic N) is 2. The van der Waals surface area contributed by atoms with Crippen LogP contribution in [0.25, 0.3) is 10.2 Å². The second-order valence-corrected chi connectivity index (χ2v) is 11.7. The number of amides is 1.